The van der Waals surface area contributed by atoms with Gasteiger partial charge in [-0.2, -0.15) is 12.7 Å². The zero-order chi connectivity index (χ0) is 23.3. The Kier molecular flexibility index (Phi) is 7.80. The van der Waals surface area contributed by atoms with Crippen molar-refractivity contribution < 1.29 is 22.7 Å². The fourth-order valence-electron chi connectivity index (χ4n) is 3.00. The molecule has 0 fully saturated rings. The number of amides is 1. The highest BCUT2D eigenvalue weighted by molar-refractivity contribution is 7.90. The second-order valence-corrected chi connectivity index (χ2v) is 9.40. The van der Waals surface area contributed by atoms with E-state index in [-0.39, 0.29) is 6.61 Å². The van der Waals surface area contributed by atoms with Gasteiger partial charge in [-0.25, -0.2) is 9.10 Å². The zero-order valence-electron chi connectivity index (χ0n) is 18.7. The van der Waals surface area contributed by atoms with Gasteiger partial charge in [0.05, 0.1) is 17.9 Å². The molecule has 0 aliphatic carbocycles. The Morgan fingerprint density at radius 1 is 1.06 bits per heavy atom. The van der Waals surface area contributed by atoms with E-state index in [0.717, 1.165) is 19.7 Å². The average Bonchev–Trinajstić information content (AvgIpc) is 2.69. The molecule has 0 unspecified atom stereocenters. The van der Waals surface area contributed by atoms with Crippen LogP contribution in [0.15, 0.2) is 36.4 Å². The number of nitrogens with one attached hydrogen (secondary N) is 1. The Balaban J connectivity index is 2.37. The Labute approximate surface area is 184 Å². The molecule has 1 N–H and O–H groups in total. The van der Waals surface area contributed by atoms with E-state index in [1.807, 2.05) is 19.1 Å². The number of carbonyl (C=O) groups is 2. The maximum Gasteiger partial charge on any atom is 0.338 e. The molecule has 0 spiro atoms. The first-order chi connectivity index (χ1) is 14.5. The van der Waals surface area contributed by atoms with E-state index < -0.39 is 28.6 Å². The highest BCUT2D eigenvalue weighted by Crippen LogP contribution is 2.26. The number of hydrogen-bond acceptors (Lipinski definition) is 5. The van der Waals surface area contributed by atoms with Crippen molar-refractivity contribution >= 4 is 33.5 Å². The summed E-state index contributed by atoms with van der Waals surface area (Å²) in [6.45, 7) is 6.87. The highest BCUT2D eigenvalue weighted by Gasteiger charge is 2.28. The summed E-state index contributed by atoms with van der Waals surface area (Å²) < 4.78 is 33.1. The van der Waals surface area contributed by atoms with E-state index in [9.17, 15) is 18.0 Å². The standard InChI is InChI=1S/C22H29N3O5S/c1-7-30-22(27)18-9-8-10-19(17(18)4)23-21(26)14-25(31(28,29)24(5)6)20-13-15(2)11-12-16(20)3/h8-13H,7,14H2,1-6H3,(H,23,26). The van der Waals surface area contributed by atoms with Crippen LogP contribution in [0.3, 0.4) is 0 Å². The molecule has 0 aliphatic heterocycles. The van der Waals surface area contributed by atoms with Crippen LogP contribution in [-0.2, 0) is 19.7 Å². The molecule has 0 bridgehead atoms. The van der Waals surface area contributed by atoms with Gasteiger partial charge < -0.3 is 10.1 Å². The fraction of sp³-hybridized carbons (Fsp3) is 0.364. The van der Waals surface area contributed by atoms with Crippen LogP contribution in [-0.4, -0.2) is 51.8 Å². The summed E-state index contributed by atoms with van der Waals surface area (Å²) in [6.07, 6.45) is 0. The lowest BCUT2D eigenvalue weighted by molar-refractivity contribution is -0.114. The molecule has 0 radical (unpaired) electrons. The van der Waals surface area contributed by atoms with Gasteiger partial charge in [0.25, 0.3) is 0 Å². The topological polar surface area (TPSA) is 96.0 Å². The van der Waals surface area contributed by atoms with Crippen LogP contribution in [0.4, 0.5) is 11.4 Å². The van der Waals surface area contributed by atoms with E-state index in [4.69, 9.17) is 4.74 Å². The molecular weight excluding hydrogens is 418 g/mol. The molecule has 2 rings (SSSR count). The Morgan fingerprint density at radius 3 is 2.35 bits per heavy atom. The van der Waals surface area contributed by atoms with Gasteiger partial charge in [-0.1, -0.05) is 18.2 Å². The lowest BCUT2D eigenvalue weighted by atomic mass is 10.1. The lowest BCUT2D eigenvalue weighted by Crippen LogP contribution is -2.44. The number of ether oxygens (including phenoxy) is 1. The summed E-state index contributed by atoms with van der Waals surface area (Å²) in [4.78, 5) is 25.0. The third kappa shape index (κ3) is 5.62. The first kappa shape index (κ1) is 24.4. The minimum atomic E-state index is -3.93. The number of aryl methyl sites for hydroxylation is 2. The third-order valence-corrected chi connectivity index (χ3v) is 6.57. The lowest BCUT2D eigenvalue weighted by Gasteiger charge is -2.28. The molecule has 0 atom stereocenters. The van der Waals surface area contributed by atoms with Crippen LogP contribution in [0.25, 0.3) is 0 Å². The van der Waals surface area contributed by atoms with E-state index in [0.29, 0.717) is 22.5 Å². The second-order valence-electron chi connectivity index (χ2n) is 7.33. The third-order valence-electron chi connectivity index (χ3n) is 4.76. The minimum Gasteiger partial charge on any atom is -0.462 e. The molecule has 0 saturated carbocycles. The molecule has 0 aromatic heterocycles. The first-order valence-corrected chi connectivity index (χ1v) is 11.2. The van der Waals surface area contributed by atoms with E-state index in [2.05, 4.69) is 5.32 Å². The van der Waals surface area contributed by atoms with Crippen molar-refractivity contribution in [3.05, 3.63) is 58.7 Å². The van der Waals surface area contributed by atoms with Crippen LogP contribution in [0.5, 0.6) is 0 Å². The molecule has 0 aliphatic rings. The predicted octanol–water partition coefficient (Wildman–Crippen LogP) is 3.04. The molecule has 31 heavy (non-hydrogen) atoms. The van der Waals surface area contributed by atoms with Crippen molar-refractivity contribution in [2.75, 3.05) is 36.9 Å². The predicted molar refractivity (Wildman–Crippen MR) is 122 cm³/mol. The van der Waals surface area contributed by atoms with Crippen molar-refractivity contribution in [2.24, 2.45) is 0 Å². The first-order valence-electron chi connectivity index (χ1n) is 9.83. The SMILES string of the molecule is CCOC(=O)c1cccc(NC(=O)CN(c2cc(C)ccc2C)S(=O)(=O)N(C)C)c1C. The summed E-state index contributed by atoms with van der Waals surface area (Å²) in [5.74, 6) is -1.02. The number of benzene rings is 2. The van der Waals surface area contributed by atoms with Gasteiger partial charge in [-0.15, -0.1) is 0 Å². The van der Waals surface area contributed by atoms with Crippen LogP contribution < -0.4 is 9.62 Å². The van der Waals surface area contributed by atoms with E-state index in [1.54, 1.807) is 45.0 Å². The normalized spacial score (nSPS) is 11.3. The van der Waals surface area contributed by atoms with Crippen molar-refractivity contribution in [3.63, 3.8) is 0 Å². The molecule has 2 aromatic rings. The van der Waals surface area contributed by atoms with Crippen LogP contribution >= 0.6 is 0 Å². The molecule has 168 valence electrons. The van der Waals surface area contributed by atoms with Gasteiger partial charge in [0.15, 0.2) is 0 Å². The van der Waals surface area contributed by atoms with Gasteiger partial charge in [0.2, 0.25) is 5.91 Å². The van der Waals surface area contributed by atoms with Crippen LogP contribution in [0, 0.1) is 20.8 Å². The molecule has 8 nitrogen and oxygen atoms in total. The molecule has 0 saturated heterocycles. The van der Waals surface area contributed by atoms with Crippen LogP contribution in [0.2, 0.25) is 0 Å². The van der Waals surface area contributed by atoms with Gasteiger partial charge in [0, 0.05) is 19.8 Å². The van der Waals surface area contributed by atoms with Crippen molar-refractivity contribution in [2.45, 2.75) is 27.7 Å². The smallest absolute Gasteiger partial charge is 0.338 e. The molecule has 1 amide bonds. The summed E-state index contributed by atoms with van der Waals surface area (Å²) in [5.41, 5.74) is 3.33. The van der Waals surface area contributed by atoms with Gasteiger partial charge in [0.1, 0.15) is 6.54 Å². The molecule has 9 heteroatoms. The summed E-state index contributed by atoms with van der Waals surface area (Å²) >= 11 is 0. The van der Waals surface area contributed by atoms with Crippen molar-refractivity contribution in [1.82, 2.24) is 4.31 Å². The maximum atomic E-state index is 13.0. The number of nitrogens with zero attached hydrogens (tertiary/aromatic N) is 2. The Morgan fingerprint density at radius 2 is 1.74 bits per heavy atom. The fourth-order valence-corrected chi connectivity index (χ4v) is 4.12. The molecule has 2 aromatic carbocycles. The van der Waals surface area contributed by atoms with E-state index in [1.165, 1.54) is 14.1 Å². The van der Waals surface area contributed by atoms with Crippen molar-refractivity contribution in [3.8, 4) is 0 Å². The van der Waals surface area contributed by atoms with Crippen molar-refractivity contribution in [1.29, 1.82) is 0 Å². The summed E-state index contributed by atoms with van der Waals surface area (Å²) in [6, 6.07) is 10.3. The number of rotatable bonds is 8. The number of hydrogen-bond donors (Lipinski definition) is 1. The monoisotopic (exact) mass is 447 g/mol. The summed E-state index contributed by atoms with van der Waals surface area (Å²) in [7, 11) is -1.10. The minimum absolute atomic E-state index is 0.238. The zero-order valence-corrected chi connectivity index (χ0v) is 19.5. The maximum absolute atomic E-state index is 13.0. The number of esters is 1. The number of anilines is 2. The second kappa shape index (κ2) is 9.93. The van der Waals surface area contributed by atoms with Gasteiger partial charge >= 0.3 is 16.2 Å². The summed E-state index contributed by atoms with van der Waals surface area (Å²) in [5, 5.41) is 2.72. The quantitative estimate of drug-likeness (QED) is 0.628. The van der Waals surface area contributed by atoms with Gasteiger partial charge in [-0.3, -0.25) is 4.79 Å². The Hall–Kier alpha value is -2.91. The highest BCUT2D eigenvalue weighted by atomic mass is 32.2. The number of carbonyl (C=O) groups excluding carboxylic acids is 2. The van der Waals surface area contributed by atoms with Crippen LogP contribution in [0.1, 0.15) is 34.0 Å². The van der Waals surface area contributed by atoms with E-state index >= 15 is 0 Å². The largest absolute Gasteiger partial charge is 0.462 e. The average molecular weight is 448 g/mol. The van der Waals surface area contributed by atoms with Gasteiger partial charge in [-0.05, 0) is 62.6 Å². The molecule has 0 heterocycles. The Bertz CT molecular complexity index is 1080. The molecular formula is C22H29N3O5S.